The number of carbonyl (C=O) groups excluding carboxylic acids is 2. The Bertz CT molecular complexity index is 559. The molecule has 2 rings (SSSR count). The number of aromatic nitrogens is 2. The van der Waals surface area contributed by atoms with E-state index < -0.39 is 18.5 Å². The van der Waals surface area contributed by atoms with Gasteiger partial charge in [0.05, 0.1) is 0 Å². The average molecular weight is 314 g/mol. The number of piperazine rings is 1. The average Bonchev–Trinajstić information content (AvgIpc) is 2.92. The van der Waals surface area contributed by atoms with Crippen molar-refractivity contribution < 1.29 is 18.4 Å². The number of carbonyl (C=O) groups is 2. The highest BCUT2D eigenvalue weighted by molar-refractivity contribution is 5.96. The number of amides is 2. The van der Waals surface area contributed by atoms with Crippen molar-refractivity contribution in [3.8, 4) is 0 Å². The van der Waals surface area contributed by atoms with Crippen LogP contribution in [0.1, 0.15) is 37.8 Å². The third-order valence-corrected chi connectivity index (χ3v) is 3.67. The van der Waals surface area contributed by atoms with E-state index in [2.05, 4.69) is 5.10 Å². The molecule has 8 heteroatoms. The Morgan fingerprint density at radius 2 is 2.09 bits per heavy atom. The van der Waals surface area contributed by atoms with E-state index in [4.69, 9.17) is 0 Å². The zero-order valence-corrected chi connectivity index (χ0v) is 12.9. The molecular weight excluding hydrogens is 294 g/mol. The van der Waals surface area contributed by atoms with Crippen LogP contribution in [0.15, 0.2) is 12.3 Å². The SMILES string of the molecule is CC(C)CN1CCN(C(=O)c2ccnn2C(F)F)[C@H](C)C1=O. The van der Waals surface area contributed by atoms with Gasteiger partial charge in [0.1, 0.15) is 11.7 Å². The molecule has 122 valence electrons. The summed E-state index contributed by atoms with van der Waals surface area (Å²) < 4.78 is 26.0. The minimum Gasteiger partial charge on any atom is -0.339 e. The van der Waals surface area contributed by atoms with E-state index in [0.717, 1.165) is 6.20 Å². The molecule has 0 radical (unpaired) electrons. The highest BCUT2D eigenvalue weighted by Crippen LogP contribution is 2.19. The third kappa shape index (κ3) is 3.10. The topological polar surface area (TPSA) is 58.4 Å². The molecule has 22 heavy (non-hydrogen) atoms. The molecule has 2 amide bonds. The number of halogens is 2. The molecule has 1 saturated heterocycles. The van der Waals surface area contributed by atoms with Crippen molar-refractivity contribution in [3.63, 3.8) is 0 Å². The van der Waals surface area contributed by atoms with Crippen LogP contribution in [0.4, 0.5) is 8.78 Å². The standard InChI is InChI=1S/C14H20F2N4O2/c1-9(2)8-18-6-7-19(10(3)12(18)21)13(22)11-4-5-17-20(11)14(15)16/h4-5,9-10,14H,6-8H2,1-3H3/t10-/m1/s1. The van der Waals surface area contributed by atoms with Crippen LogP contribution in [0.25, 0.3) is 0 Å². The second-order valence-corrected chi connectivity index (χ2v) is 5.79. The zero-order valence-electron chi connectivity index (χ0n) is 12.9. The fraction of sp³-hybridized carbons (Fsp3) is 0.643. The van der Waals surface area contributed by atoms with Crippen LogP contribution in [-0.2, 0) is 4.79 Å². The third-order valence-electron chi connectivity index (χ3n) is 3.67. The summed E-state index contributed by atoms with van der Waals surface area (Å²) in [5.41, 5.74) is -0.202. The Hall–Kier alpha value is -1.99. The maximum Gasteiger partial charge on any atom is 0.333 e. The van der Waals surface area contributed by atoms with Crippen LogP contribution in [-0.4, -0.2) is 57.1 Å². The van der Waals surface area contributed by atoms with E-state index in [1.165, 1.54) is 11.0 Å². The smallest absolute Gasteiger partial charge is 0.333 e. The lowest BCUT2D eigenvalue weighted by Gasteiger charge is -2.39. The number of rotatable bonds is 4. The normalized spacial score (nSPS) is 19.4. The Morgan fingerprint density at radius 1 is 1.41 bits per heavy atom. The van der Waals surface area contributed by atoms with Crippen LogP contribution >= 0.6 is 0 Å². The molecule has 1 aromatic heterocycles. The molecule has 0 spiro atoms. The van der Waals surface area contributed by atoms with Gasteiger partial charge in [0, 0.05) is 25.8 Å². The van der Waals surface area contributed by atoms with Crippen molar-refractivity contribution in [3.05, 3.63) is 18.0 Å². The maximum atomic E-state index is 12.8. The number of nitrogens with zero attached hydrogens (tertiary/aromatic N) is 4. The highest BCUT2D eigenvalue weighted by Gasteiger charge is 2.36. The van der Waals surface area contributed by atoms with Gasteiger partial charge in [-0.15, -0.1) is 0 Å². The molecule has 1 aliphatic rings. The van der Waals surface area contributed by atoms with E-state index in [0.29, 0.717) is 30.2 Å². The number of hydrogen-bond donors (Lipinski definition) is 0. The predicted molar refractivity (Wildman–Crippen MR) is 75.4 cm³/mol. The van der Waals surface area contributed by atoms with Gasteiger partial charge in [-0.1, -0.05) is 13.8 Å². The van der Waals surface area contributed by atoms with Gasteiger partial charge in [-0.2, -0.15) is 18.6 Å². The summed E-state index contributed by atoms with van der Waals surface area (Å²) in [5, 5.41) is 3.45. The largest absolute Gasteiger partial charge is 0.339 e. The van der Waals surface area contributed by atoms with Gasteiger partial charge in [-0.25, -0.2) is 0 Å². The van der Waals surface area contributed by atoms with Crippen molar-refractivity contribution in [2.24, 2.45) is 5.92 Å². The molecule has 1 aromatic rings. The van der Waals surface area contributed by atoms with Crippen molar-refractivity contribution in [1.29, 1.82) is 0 Å². The molecule has 0 unspecified atom stereocenters. The number of hydrogen-bond acceptors (Lipinski definition) is 3. The predicted octanol–water partition coefficient (Wildman–Crippen LogP) is 1.61. The summed E-state index contributed by atoms with van der Waals surface area (Å²) >= 11 is 0. The summed E-state index contributed by atoms with van der Waals surface area (Å²) in [5.74, 6) is -0.419. The Kier molecular flexibility index (Phi) is 4.77. The van der Waals surface area contributed by atoms with Gasteiger partial charge in [-0.3, -0.25) is 9.59 Å². The summed E-state index contributed by atoms with van der Waals surface area (Å²) in [6.07, 6.45) is 1.15. The minimum atomic E-state index is -2.89. The molecule has 0 N–H and O–H groups in total. The van der Waals surface area contributed by atoms with E-state index in [-0.39, 0.29) is 11.6 Å². The summed E-state index contributed by atoms with van der Waals surface area (Å²) in [6.45, 7) is 4.12. The molecule has 0 saturated carbocycles. The molecule has 2 heterocycles. The zero-order chi connectivity index (χ0) is 16.4. The second kappa shape index (κ2) is 6.41. The first-order valence-corrected chi connectivity index (χ1v) is 7.24. The summed E-state index contributed by atoms with van der Waals surface area (Å²) in [6, 6.07) is 0.577. The molecule has 0 bridgehead atoms. The molecule has 0 aromatic carbocycles. The Labute approximate surface area is 127 Å². The fourth-order valence-corrected chi connectivity index (χ4v) is 2.62. The van der Waals surface area contributed by atoms with Crippen LogP contribution < -0.4 is 0 Å². The van der Waals surface area contributed by atoms with Gasteiger partial charge in [-0.05, 0) is 18.9 Å². The van der Waals surface area contributed by atoms with Crippen molar-refractivity contribution in [2.45, 2.75) is 33.4 Å². The lowest BCUT2D eigenvalue weighted by atomic mass is 10.1. The first-order valence-electron chi connectivity index (χ1n) is 7.24. The molecule has 1 atom stereocenters. The van der Waals surface area contributed by atoms with Crippen molar-refractivity contribution in [2.75, 3.05) is 19.6 Å². The molecule has 1 fully saturated rings. The molecule has 6 nitrogen and oxygen atoms in total. The first-order chi connectivity index (χ1) is 10.3. The molecular formula is C14H20F2N4O2. The Morgan fingerprint density at radius 3 is 2.68 bits per heavy atom. The van der Waals surface area contributed by atoms with E-state index >= 15 is 0 Å². The van der Waals surface area contributed by atoms with Crippen LogP contribution in [0.5, 0.6) is 0 Å². The van der Waals surface area contributed by atoms with Crippen molar-refractivity contribution >= 4 is 11.8 Å². The first kappa shape index (κ1) is 16.4. The van der Waals surface area contributed by atoms with Crippen LogP contribution in [0.3, 0.4) is 0 Å². The van der Waals surface area contributed by atoms with E-state index in [1.807, 2.05) is 13.8 Å². The quantitative estimate of drug-likeness (QED) is 0.848. The highest BCUT2D eigenvalue weighted by atomic mass is 19.3. The number of alkyl halides is 2. The van der Waals surface area contributed by atoms with E-state index in [1.54, 1.807) is 11.8 Å². The second-order valence-electron chi connectivity index (χ2n) is 5.79. The summed E-state index contributed by atoms with van der Waals surface area (Å²) in [7, 11) is 0. The van der Waals surface area contributed by atoms with Gasteiger partial charge in [0.2, 0.25) is 5.91 Å². The minimum absolute atomic E-state index is 0.156. The monoisotopic (exact) mass is 314 g/mol. The maximum absolute atomic E-state index is 12.8. The molecule has 0 aliphatic carbocycles. The van der Waals surface area contributed by atoms with Gasteiger partial charge < -0.3 is 9.80 Å². The van der Waals surface area contributed by atoms with Gasteiger partial charge >= 0.3 is 6.55 Å². The van der Waals surface area contributed by atoms with Crippen molar-refractivity contribution in [1.82, 2.24) is 19.6 Å². The molecule has 1 aliphatic heterocycles. The van der Waals surface area contributed by atoms with Gasteiger partial charge in [0.25, 0.3) is 5.91 Å². The van der Waals surface area contributed by atoms with Crippen LogP contribution in [0, 0.1) is 5.92 Å². The lowest BCUT2D eigenvalue weighted by molar-refractivity contribution is -0.140. The fourth-order valence-electron chi connectivity index (χ4n) is 2.62. The Balaban J connectivity index is 2.15. The lowest BCUT2D eigenvalue weighted by Crippen LogP contribution is -2.58. The summed E-state index contributed by atoms with van der Waals surface area (Å²) in [4.78, 5) is 27.8. The van der Waals surface area contributed by atoms with Gasteiger partial charge in [0.15, 0.2) is 0 Å². The van der Waals surface area contributed by atoms with Crippen LogP contribution in [0.2, 0.25) is 0 Å². The van der Waals surface area contributed by atoms with E-state index in [9.17, 15) is 18.4 Å².